The number of carboxylic acids is 1. The number of amidine groups is 1. The average molecular weight is 457 g/mol. The molecule has 158 valence electrons. The standard InChI is InChI=1S/C19H16N6O4S2/c1-25-12-5-3-2-4-11(12)21-17(25)24-19-23-16(29)13(31-19)8-10-9-20-18(30-10)22-14(26)6-7-15(27)28/h2-5,8-9H,6-7H2,1H3,(H,27,28)(H,20,22,26)(H,21,23,24,29). The van der Waals surface area contributed by atoms with E-state index in [9.17, 15) is 14.4 Å². The molecule has 1 fully saturated rings. The van der Waals surface area contributed by atoms with Crippen LogP contribution in [0.5, 0.6) is 0 Å². The van der Waals surface area contributed by atoms with Gasteiger partial charge in [-0.15, -0.1) is 0 Å². The molecule has 2 aromatic heterocycles. The number of benzene rings is 1. The zero-order valence-corrected chi connectivity index (χ0v) is 17.8. The number of aliphatic imine (C=N–C) groups is 1. The number of aliphatic carboxylic acids is 1. The Balaban J connectivity index is 1.46. The van der Waals surface area contributed by atoms with Crippen LogP contribution >= 0.6 is 23.1 Å². The van der Waals surface area contributed by atoms with E-state index in [4.69, 9.17) is 5.11 Å². The summed E-state index contributed by atoms with van der Waals surface area (Å²) in [6.07, 6.45) is 2.80. The zero-order chi connectivity index (χ0) is 22.0. The highest BCUT2D eigenvalue weighted by atomic mass is 32.2. The number of thiazole rings is 1. The van der Waals surface area contributed by atoms with Gasteiger partial charge in [0.15, 0.2) is 10.3 Å². The van der Waals surface area contributed by atoms with Crippen molar-refractivity contribution in [3.63, 3.8) is 0 Å². The van der Waals surface area contributed by atoms with E-state index < -0.39 is 11.9 Å². The maximum absolute atomic E-state index is 12.3. The molecule has 0 spiro atoms. The molecule has 4 rings (SSSR count). The third-order valence-corrected chi connectivity index (χ3v) is 5.99. The summed E-state index contributed by atoms with van der Waals surface area (Å²) in [6.45, 7) is 0. The van der Waals surface area contributed by atoms with Crippen molar-refractivity contribution in [1.82, 2.24) is 19.9 Å². The quantitative estimate of drug-likeness (QED) is 0.485. The molecule has 1 saturated heterocycles. The molecule has 3 heterocycles. The minimum absolute atomic E-state index is 0.133. The molecular weight excluding hydrogens is 440 g/mol. The van der Waals surface area contributed by atoms with Gasteiger partial charge in [-0.2, -0.15) is 4.99 Å². The maximum atomic E-state index is 12.3. The molecule has 2 amide bonds. The number of anilines is 1. The van der Waals surface area contributed by atoms with Gasteiger partial charge in [-0.25, -0.2) is 9.97 Å². The van der Waals surface area contributed by atoms with Crippen molar-refractivity contribution in [3.05, 3.63) is 40.2 Å². The molecule has 1 aliphatic heterocycles. The van der Waals surface area contributed by atoms with Gasteiger partial charge in [0.2, 0.25) is 11.9 Å². The lowest BCUT2D eigenvalue weighted by Crippen LogP contribution is -2.19. The lowest BCUT2D eigenvalue weighted by Gasteiger charge is -1.98. The van der Waals surface area contributed by atoms with Crippen LogP contribution < -0.4 is 10.6 Å². The Morgan fingerprint density at radius 1 is 1.32 bits per heavy atom. The number of hydrogen-bond acceptors (Lipinski definition) is 8. The van der Waals surface area contributed by atoms with Crippen molar-refractivity contribution < 1.29 is 19.5 Å². The van der Waals surface area contributed by atoms with Crippen LogP contribution in [0.15, 0.2) is 40.4 Å². The van der Waals surface area contributed by atoms with Gasteiger partial charge in [-0.05, 0) is 30.0 Å². The molecule has 0 saturated carbocycles. The van der Waals surface area contributed by atoms with Crippen molar-refractivity contribution >= 4 is 74.2 Å². The number of nitrogens with zero attached hydrogens (tertiary/aromatic N) is 4. The summed E-state index contributed by atoms with van der Waals surface area (Å²) in [7, 11) is 1.86. The number of nitrogens with one attached hydrogen (secondary N) is 2. The molecule has 0 atom stereocenters. The van der Waals surface area contributed by atoms with Crippen molar-refractivity contribution in [2.75, 3.05) is 5.32 Å². The summed E-state index contributed by atoms with van der Waals surface area (Å²) >= 11 is 2.36. The molecule has 10 nitrogen and oxygen atoms in total. The second-order valence-electron chi connectivity index (χ2n) is 6.45. The SMILES string of the molecule is Cn1c(N=C2NC(=O)C(=Cc3cnc(NC(=O)CCC(=O)O)s3)S2)nc2ccccc21. The van der Waals surface area contributed by atoms with E-state index in [1.165, 1.54) is 29.3 Å². The lowest BCUT2D eigenvalue weighted by atomic mass is 10.3. The normalized spacial score (nSPS) is 16.2. The van der Waals surface area contributed by atoms with Crippen molar-refractivity contribution in [3.8, 4) is 0 Å². The van der Waals surface area contributed by atoms with Gasteiger partial charge < -0.3 is 20.3 Å². The number of fused-ring (bicyclic) bond motifs is 1. The summed E-state index contributed by atoms with van der Waals surface area (Å²) in [4.78, 5) is 48.7. The van der Waals surface area contributed by atoms with E-state index in [0.29, 0.717) is 26.0 Å². The maximum Gasteiger partial charge on any atom is 0.303 e. The highest BCUT2D eigenvalue weighted by Gasteiger charge is 2.25. The zero-order valence-electron chi connectivity index (χ0n) is 16.2. The van der Waals surface area contributed by atoms with Gasteiger partial charge in [0, 0.05) is 19.7 Å². The van der Waals surface area contributed by atoms with Crippen LogP contribution in [0.2, 0.25) is 0 Å². The Morgan fingerprint density at radius 2 is 2.13 bits per heavy atom. The number of amides is 2. The topological polar surface area (TPSA) is 139 Å². The van der Waals surface area contributed by atoms with Crippen LogP contribution in [0.3, 0.4) is 0 Å². The second-order valence-corrected chi connectivity index (χ2v) is 8.54. The number of aromatic nitrogens is 3. The third-order valence-electron chi connectivity index (χ3n) is 4.23. The van der Waals surface area contributed by atoms with Crippen LogP contribution in [-0.4, -0.2) is 42.6 Å². The largest absolute Gasteiger partial charge is 0.481 e. The summed E-state index contributed by atoms with van der Waals surface area (Å²) in [5.74, 6) is -1.28. The smallest absolute Gasteiger partial charge is 0.303 e. The fraction of sp³-hybridized carbons (Fsp3) is 0.158. The first-order valence-electron chi connectivity index (χ1n) is 9.07. The first-order chi connectivity index (χ1) is 14.9. The summed E-state index contributed by atoms with van der Waals surface area (Å²) in [5, 5.41) is 14.6. The van der Waals surface area contributed by atoms with E-state index in [0.717, 1.165) is 11.0 Å². The molecule has 3 N–H and O–H groups in total. The summed E-state index contributed by atoms with van der Waals surface area (Å²) in [6, 6.07) is 7.66. The first kappa shape index (κ1) is 20.8. The number of thioether (sulfide) groups is 1. The number of carboxylic acid groups (broad SMARTS) is 1. The molecule has 3 aromatic rings. The van der Waals surface area contributed by atoms with Gasteiger partial charge >= 0.3 is 5.97 Å². The van der Waals surface area contributed by atoms with Crippen LogP contribution in [-0.2, 0) is 21.4 Å². The number of aryl methyl sites for hydroxylation is 1. The van der Waals surface area contributed by atoms with E-state index in [1.807, 2.05) is 35.9 Å². The lowest BCUT2D eigenvalue weighted by molar-refractivity contribution is -0.138. The Labute approximate surface area is 184 Å². The molecule has 0 aliphatic carbocycles. The predicted molar refractivity (Wildman–Crippen MR) is 119 cm³/mol. The molecule has 0 unspecified atom stereocenters. The van der Waals surface area contributed by atoms with Crippen LogP contribution in [0, 0.1) is 0 Å². The van der Waals surface area contributed by atoms with E-state index in [2.05, 4.69) is 25.6 Å². The van der Waals surface area contributed by atoms with E-state index >= 15 is 0 Å². The highest BCUT2D eigenvalue weighted by Crippen LogP contribution is 2.30. The number of carbonyl (C=O) groups is 3. The second kappa shape index (κ2) is 8.70. The number of para-hydroxylation sites is 2. The molecule has 1 aliphatic rings. The first-order valence-corrected chi connectivity index (χ1v) is 10.7. The molecule has 0 bridgehead atoms. The predicted octanol–water partition coefficient (Wildman–Crippen LogP) is 2.72. The summed E-state index contributed by atoms with van der Waals surface area (Å²) < 4.78 is 1.85. The Bertz CT molecular complexity index is 1260. The average Bonchev–Trinajstić information content (AvgIpc) is 3.40. The van der Waals surface area contributed by atoms with Gasteiger partial charge in [0.05, 0.1) is 27.2 Å². The number of carbonyl (C=O) groups excluding carboxylic acids is 2. The number of imidazole rings is 1. The van der Waals surface area contributed by atoms with Gasteiger partial charge in [0.1, 0.15) is 0 Å². The number of hydrogen-bond donors (Lipinski definition) is 3. The molecule has 0 radical (unpaired) electrons. The van der Waals surface area contributed by atoms with Crippen LogP contribution in [0.4, 0.5) is 11.1 Å². The highest BCUT2D eigenvalue weighted by molar-refractivity contribution is 8.18. The molecule has 12 heteroatoms. The van der Waals surface area contributed by atoms with Crippen LogP contribution in [0.1, 0.15) is 17.7 Å². The van der Waals surface area contributed by atoms with Crippen molar-refractivity contribution in [2.45, 2.75) is 12.8 Å². The molecule has 31 heavy (non-hydrogen) atoms. The van der Waals surface area contributed by atoms with Crippen molar-refractivity contribution in [2.24, 2.45) is 12.0 Å². The van der Waals surface area contributed by atoms with E-state index in [-0.39, 0.29) is 18.7 Å². The number of rotatable bonds is 6. The fourth-order valence-electron chi connectivity index (χ4n) is 2.75. The van der Waals surface area contributed by atoms with E-state index in [1.54, 1.807) is 6.08 Å². The molecular formula is C19H16N6O4S2. The third kappa shape index (κ3) is 4.81. The van der Waals surface area contributed by atoms with Gasteiger partial charge in [-0.3, -0.25) is 14.4 Å². The Hall–Kier alpha value is -3.51. The monoisotopic (exact) mass is 456 g/mol. The van der Waals surface area contributed by atoms with Crippen molar-refractivity contribution in [1.29, 1.82) is 0 Å². The Morgan fingerprint density at radius 3 is 2.90 bits per heavy atom. The summed E-state index contributed by atoms with van der Waals surface area (Å²) in [5.41, 5.74) is 1.76. The minimum Gasteiger partial charge on any atom is -0.481 e. The fourth-order valence-corrected chi connectivity index (χ4v) is 4.41. The van der Waals surface area contributed by atoms with Gasteiger partial charge in [-0.1, -0.05) is 23.5 Å². The molecule has 1 aromatic carbocycles. The minimum atomic E-state index is -1.04. The van der Waals surface area contributed by atoms with Crippen LogP contribution in [0.25, 0.3) is 17.1 Å². The Kier molecular flexibility index (Phi) is 5.82. The van der Waals surface area contributed by atoms with Gasteiger partial charge in [0.25, 0.3) is 5.91 Å².